The summed E-state index contributed by atoms with van der Waals surface area (Å²) in [6, 6.07) is 0. The first-order valence-corrected chi connectivity index (χ1v) is 3.51. The van der Waals surface area contributed by atoms with Crippen molar-refractivity contribution < 1.29 is 0 Å². The van der Waals surface area contributed by atoms with E-state index >= 15 is 0 Å². The normalized spacial score (nSPS) is 9.64. The Labute approximate surface area is 66.8 Å². The number of pyridine rings is 1. The van der Waals surface area contributed by atoms with Gasteiger partial charge in [-0.3, -0.25) is 4.98 Å². The van der Waals surface area contributed by atoms with E-state index in [1.54, 1.807) is 12.3 Å². The number of aryl methyl sites for hydroxylation is 1. The smallest absolute Gasteiger partial charge is 0.0536 e. The Morgan fingerprint density at radius 2 is 2.18 bits per heavy atom. The topological polar surface area (TPSA) is 38.9 Å². The summed E-state index contributed by atoms with van der Waals surface area (Å²) in [6.45, 7) is 7.62. The van der Waals surface area contributed by atoms with Gasteiger partial charge in [0.2, 0.25) is 0 Å². The molecule has 1 heterocycles. The number of anilines is 1. The maximum Gasteiger partial charge on any atom is 0.0536 e. The van der Waals surface area contributed by atoms with Crippen molar-refractivity contribution in [2.45, 2.75) is 13.8 Å². The molecule has 0 aliphatic rings. The molecule has 1 aromatic heterocycles. The lowest BCUT2D eigenvalue weighted by atomic mass is 10.1. The van der Waals surface area contributed by atoms with Crippen LogP contribution in [0, 0.1) is 13.8 Å². The molecule has 0 unspecified atom stereocenters. The van der Waals surface area contributed by atoms with E-state index in [1.165, 1.54) is 0 Å². The zero-order chi connectivity index (χ0) is 8.43. The summed E-state index contributed by atoms with van der Waals surface area (Å²) in [7, 11) is 0. The van der Waals surface area contributed by atoms with Crippen LogP contribution in [-0.4, -0.2) is 4.98 Å². The maximum atomic E-state index is 5.65. The molecule has 0 spiro atoms. The van der Waals surface area contributed by atoms with Gasteiger partial charge in [-0.25, -0.2) is 0 Å². The second-order valence-electron chi connectivity index (χ2n) is 2.54. The van der Waals surface area contributed by atoms with Gasteiger partial charge in [-0.2, -0.15) is 0 Å². The van der Waals surface area contributed by atoms with Crippen LogP contribution in [0.5, 0.6) is 0 Å². The molecule has 2 heteroatoms. The van der Waals surface area contributed by atoms with Crippen molar-refractivity contribution in [3.8, 4) is 0 Å². The Morgan fingerprint density at radius 1 is 1.55 bits per heavy atom. The van der Waals surface area contributed by atoms with Crippen LogP contribution in [0.4, 0.5) is 5.69 Å². The monoisotopic (exact) mass is 148 g/mol. The molecule has 0 atom stereocenters. The number of hydrogen-bond donors (Lipinski definition) is 1. The van der Waals surface area contributed by atoms with Crippen LogP contribution in [-0.2, 0) is 0 Å². The predicted octanol–water partition coefficient (Wildman–Crippen LogP) is 1.92. The van der Waals surface area contributed by atoms with Crippen LogP contribution in [0.3, 0.4) is 0 Å². The fraction of sp³-hybridized carbons (Fsp3) is 0.222. The van der Waals surface area contributed by atoms with Crippen LogP contribution < -0.4 is 5.73 Å². The van der Waals surface area contributed by atoms with Crippen molar-refractivity contribution in [1.29, 1.82) is 0 Å². The lowest BCUT2D eigenvalue weighted by Gasteiger charge is -2.05. The van der Waals surface area contributed by atoms with Crippen molar-refractivity contribution in [1.82, 2.24) is 4.98 Å². The Balaban J connectivity index is 3.40. The maximum absolute atomic E-state index is 5.65. The Morgan fingerprint density at radius 3 is 2.64 bits per heavy atom. The van der Waals surface area contributed by atoms with Crippen molar-refractivity contribution in [2.24, 2.45) is 0 Å². The molecular formula is C9H12N2. The fourth-order valence-electron chi connectivity index (χ4n) is 1.06. The number of nitrogens with zero attached hydrogens (tertiary/aromatic N) is 1. The minimum atomic E-state index is 0.727. The number of rotatable bonds is 1. The molecule has 2 N–H and O–H groups in total. The van der Waals surface area contributed by atoms with Gasteiger partial charge >= 0.3 is 0 Å². The molecule has 0 aliphatic carbocycles. The highest BCUT2D eigenvalue weighted by molar-refractivity contribution is 5.61. The van der Waals surface area contributed by atoms with E-state index in [1.807, 2.05) is 13.8 Å². The fourth-order valence-corrected chi connectivity index (χ4v) is 1.06. The van der Waals surface area contributed by atoms with E-state index < -0.39 is 0 Å². The zero-order valence-electron chi connectivity index (χ0n) is 6.89. The summed E-state index contributed by atoms with van der Waals surface area (Å²) in [5.41, 5.74) is 9.47. The first-order valence-electron chi connectivity index (χ1n) is 3.51. The highest BCUT2D eigenvalue weighted by Gasteiger charge is 2.01. The highest BCUT2D eigenvalue weighted by Crippen LogP contribution is 2.17. The molecule has 0 aromatic carbocycles. The third-order valence-corrected chi connectivity index (χ3v) is 1.83. The van der Waals surface area contributed by atoms with Crippen molar-refractivity contribution in [3.63, 3.8) is 0 Å². The van der Waals surface area contributed by atoms with Gasteiger partial charge in [0.05, 0.1) is 11.9 Å². The van der Waals surface area contributed by atoms with Crippen LogP contribution in [0.1, 0.15) is 16.8 Å². The summed E-state index contributed by atoms with van der Waals surface area (Å²) in [4.78, 5) is 4.11. The number of aromatic nitrogens is 1. The molecule has 11 heavy (non-hydrogen) atoms. The SMILES string of the molecule is C=Cc1c(C)ncc(N)c1C. The average molecular weight is 148 g/mol. The third-order valence-electron chi connectivity index (χ3n) is 1.83. The van der Waals surface area contributed by atoms with Gasteiger partial charge in [0.25, 0.3) is 0 Å². The van der Waals surface area contributed by atoms with E-state index in [0.717, 1.165) is 22.5 Å². The zero-order valence-corrected chi connectivity index (χ0v) is 6.89. The lowest BCUT2D eigenvalue weighted by molar-refractivity contribution is 1.17. The van der Waals surface area contributed by atoms with Gasteiger partial charge in [0.1, 0.15) is 0 Å². The predicted molar refractivity (Wildman–Crippen MR) is 48.2 cm³/mol. The molecule has 58 valence electrons. The van der Waals surface area contributed by atoms with Gasteiger partial charge in [0.15, 0.2) is 0 Å². The number of nitrogen functional groups attached to an aromatic ring is 1. The average Bonchev–Trinajstić information content (AvgIpc) is 1.99. The van der Waals surface area contributed by atoms with E-state index in [2.05, 4.69) is 11.6 Å². The molecule has 0 bridgehead atoms. The molecule has 0 saturated heterocycles. The molecular weight excluding hydrogens is 136 g/mol. The van der Waals surface area contributed by atoms with Crippen LogP contribution in [0.25, 0.3) is 6.08 Å². The van der Waals surface area contributed by atoms with Crippen molar-refractivity contribution in [3.05, 3.63) is 29.6 Å². The quantitative estimate of drug-likeness (QED) is 0.660. The second-order valence-corrected chi connectivity index (χ2v) is 2.54. The lowest BCUT2D eigenvalue weighted by Crippen LogP contribution is -1.96. The van der Waals surface area contributed by atoms with Crippen LogP contribution in [0.2, 0.25) is 0 Å². The van der Waals surface area contributed by atoms with Crippen LogP contribution in [0.15, 0.2) is 12.8 Å². The Bertz CT molecular complexity index is 290. The van der Waals surface area contributed by atoms with Gasteiger partial charge < -0.3 is 5.73 Å². The third kappa shape index (κ3) is 1.24. The van der Waals surface area contributed by atoms with E-state index in [4.69, 9.17) is 5.73 Å². The summed E-state index contributed by atoms with van der Waals surface area (Å²) in [5.74, 6) is 0. The summed E-state index contributed by atoms with van der Waals surface area (Å²) >= 11 is 0. The van der Waals surface area contributed by atoms with Crippen LogP contribution >= 0.6 is 0 Å². The molecule has 2 nitrogen and oxygen atoms in total. The van der Waals surface area contributed by atoms with Gasteiger partial charge in [-0.1, -0.05) is 12.7 Å². The first-order chi connectivity index (χ1) is 5.16. The van der Waals surface area contributed by atoms with E-state index in [0.29, 0.717) is 0 Å². The van der Waals surface area contributed by atoms with Gasteiger partial charge in [-0.05, 0) is 19.4 Å². The van der Waals surface area contributed by atoms with Crippen molar-refractivity contribution >= 4 is 11.8 Å². The summed E-state index contributed by atoms with van der Waals surface area (Å²) in [6.07, 6.45) is 3.46. The molecule has 1 rings (SSSR count). The van der Waals surface area contributed by atoms with E-state index in [-0.39, 0.29) is 0 Å². The van der Waals surface area contributed by atoms with Gasteiger partial charge in [-0.15, -0.1) is 0 Å². The Kier molecular flexibility index (Phi) is 1.94. The molecule has 0 amide bonds. The molecule has 0 saturated carbocycles. The number of hydrogen-bond acceptors (Lipinski definition) is 2. The standard InChI is InChI=1S/C9H12N2/c1-4-8-6(2)9(10)5-11-7(8)3/h4-5H,1,10H2,2-3H3. The van der Waals surface area contributed by atoms with Crippen molar-refractivity contribution in [2.75, 3.05) is 5.73 Å². The largest absolute Gasteiger partial charge is 0.397 e. The number of nitrogens with two attached hydrogens (primary N) is 1. The highest BCUT2D eigenvalue weighted by atomic mass is 14.7. The van der Waals surface area contributed by atoms with Gasteiger partial charge in [0, 0.05) is 11.3 Å². The molecule has 1 aromatic rings. The molecule has 0 fully saturated rings. The minimum absolute atomic E-state index is 0.727. The summed E-state index contributed by atoms with van der Waals surface area (Å²) < 4.78 is 0. The molecule has 0 radical (unpaired) electrons. The molecule has 0 aliphatic heterocycles. The Hall–Kier alpha value is -1.31. The van der Waals surface area contributed by atoms with E-state index in [9.17, 15) is 0 Å². The summed E-state index contributed by atoms with van der Waals surface area (Å²) in [5, 5.41) is 0. The second kappa shape index (κ2) is 2.74. The minimum Gasteiger partial charge on any atom is -0.397 e. The first kappa shape index (κ1) is 7.79.